The Hall–Kier alpha value is -3.16. The van der Waals surface area contributed by atoms with Crippen molar-refractivity contribution in [3.63, 3.8) is 0 Å². The molecular weight excluding hydrogens is 437 g/mol. The molecule has 0 aliphatic heterocycles. The summed E-state index contributed by atoms with van der Waals surface area (Å²) in [6.45, 7) is 6.32. The number of aromatic nitrogens is 4. The summed E-state index contributed by atoms with van der Waals surface area (Å²) in [5, 5.41) is 0.687. The summed E-state index contributed by atoms with van der Waals surface area (Å²) in [6.07, 6.45) is 0. The third kappa shape index (κ3) is 3.82. The van der Waals surface area contributed by atoms with Crippen molar-refractivity contribution >= 4 is 40.3 Å². The number of nitrogens with zero attached hydrogens (tertiary/aromatic N) is 3. The molecule has 0 saturated carbocycles. The van der Waals surface area contributed by atoms with Gasteiger partial charge >= 0.3 is 5.69 Å². The lowest BCUT2D eigenvalue weighted by Gasteiger charge is -2.19. The zero-order chi connectivity index (χ0) is 22.5. The lowest BCUT2D eigenvalue weighted by atomic mass is 9.87. The van der Waals surface area contributed by atoms with Gasteiger partial charge < -0.3 is 10.7 Å². The van der Waals surface area contributed by atoms with Gasteiger partial charge in [0.1, 0.15) is 5.52 Å². The number of fused-ring (bicyclic) bond motifs is 1. The van der Waals surface area contributed by atoms with Gasteiger partial charge in [-0.3, -0.25) is 4.79 Å². The fraction of sp³-hybridized carbons (Fsp3) is 0.182. The smallest absolute Gasteiger partial charge is 0.332 e. The lowest BCUT2D eigenvalue weighted by molar-refractivity contribution is 0.0997. The van der Waals surface area contributed by atoms with Crippen molar-refractivity contribution in [3.05, 3.63) is 74.3 Å². The topological polar surface area (TPSA) is 107 Å². The molecule has 31 heavy (non-hydrogen) atoms. The van der Waals surface area contributed by atoms with Crippen LogP contribution in [0.5, 0.6) is 0 Å². The van der Waals surface area contributed by atoms with Crippen LogP contribution in [-0.4, -0.2) is 25.4 Å². The van der Waals surface area contributed by atoms with Gasteiger partial charge in [0.05, 0.1) is 15.7 Å². The van der Waals surface area contributed by atoms with Crippen LogP contribution >= 0.6 is 23.2 Å². The van der Waals surface area contributed by atoms with Crippen LogP contribution in [0, 0.1) is 0 Å². The van der Waals surface area contributed by atoms with Crippen LogP contribution in [0.25, 0.3) is 28.2 Å². The van der Waals surface area contributed by atoms with E-state index in [9.17, 15) is 9.59 Å². The van der Waals surface area contributed by atoms with Gasteiger partial charge in [0.25, 0.3) is 5.91 Å². The van der Waals surface area contributed by atoms with E-state index in [0.29, 0.717) is 21.3 Å². The van der Waals surface area contributed by atoms with Gasteiger partial charge in [0, 0.05) is 5.56 Å². The Morgan fingerprint density at radius 3 is 2.29 bits per heavy atom. The molecule has 1 amide bonds. The number of amides is 1. The molecule has 0 spiro atoms. The maximum absolute atomic E-state index is 12.8. The highest BCUT2D eigenvalue weighted by atomic mass is 35.5. The quantitative estimate of drug-likeness (QED) is 0.474. The van der Waals surface area contributed by atoms with Crippen LogP contribution in [0.3, 0.4) is 0 Å². The zero-order valence-electron chi connectivity index (χ0n) is 17.0. The zero-order valence-corrected chi connectivity index (χ0v) is 18.5. The molecule has 4 aromatic rings. The molecular formula is C22H19Cl2N5O2. The van der Waals surface area contributed by atoms with E-state index in [-0.39, 0.29) is 28.1 Å². The predicted octanol–water partition coefficient (Wildman–Crippen LogP) is 4.48. The summed E-state index contributed by atoms with van der Waals surface area (Å²) >= 11 is 12.1. The highest BCUT2D eigenvalue weighted by Gasteiger charge is 2.21. The Bertz CT molecular complexity index is 1380. The molecule has 0 unspecified atom stereocenters. The average Bonchev–Trinajstić information content (AvgIpc) is 3.04. The Morgan fingerprint density at radius 2 is 1.71 bits per heavy atom. The second kappa shape index (κ2) is 7.51. The Labute approximate surface area is 187 Å². The molecule has 3 N–H and O–H groups in total. The summed E-state index contributed by atoms with van der Waals surface area (Å²) in [5.74, 6) is -0.593. The van der Waals surface area contributed by atoms with E-state index in [1.807, 2.05) is 24.3 Å². The van der Waals surface area contributed by atoms with Crippen molar-refractivity contribution in [2.75, 3.05) is 0 Å². The van der Waals surface area contributed by atoms with Crippen LogP contribution in [-0.2, 0) is 5.41 Å². The fourth-order valence-corrected chi connectivity index (χ4v) is 3.58. The molecule has 7 nitrogen and oxygen atoms in total. The second-order valence-electron chi connectivity index (χ2n) is 8.15. The second-order valence-corrected chi connectivity index (χ2v) is 8.96. The number of nitrogens with one attached hydrogen (secondary N) is 1. The monoisotopic (exact) mass is 455 g/mol. The number of benzene rings is 2. The minimum Gasteiger partial charge on any atom is -0.364 e. The molecule has 0 aliphatic rings. The number of rotatable bonds is 3. The van der Waals surface area contributed by atoms with E-state index < -0.39 is 11.6 Å². The fourth-order valence-electron chi connectivity index (χ4n) is 3.28. The molecule has 0 aliphatic carbocycles. The van der Waals surface area contributed by atoms with E-state index in [0.717, 1.165) is 5.56 Å². The van der Waals surface area contributed by atoms with Crippen molar-refractivity contribution in [2.24, 2.45) is 5.73 Å². The number of imidazole rings is 1. The largest absolute Gasteiger partial charge is 0.364 e. The van der Waals surface area contributed by atoms with Crippen molar-refractivity contribution in [3.8, 4) is 17.1 Å². The molecule has 0 saturated heterocycles. The maximum Gasteiger partial charge on any atom is 0.332 e. The van der Waals surface area contributed by atoms with Crippen molar-refractivity contribution < 1.29 is 4.79 Å². The first kappa shape index (κ1) is 21.1. The molecule has 0 radical (unpaired) electrons. The number of aromatic amines is 1. The van der Waals surface area contributed by atoms with Gasteiger partial charge in [-0.15, -0.1) is 0 Å². The van der Waals surface area contributed by atoms with Gasteiger partial charge in [0.15, 0.2) is 17.2 Å². The average molecular weight is 456 g/mol. The van der Waals surface area contributed by atoms with Gasteiger partial charge in [0.2, 0.25) is 0 Å². The predicted molar refractivity (Wildman–Crippen MR) is 122 cm³/mol. The van der Waals surface area contributed by atoms with E-state index in [2.05, 4.69) is 35.7 Å². The van der Waals surface area contributed by atoms with E-state index in [1.54, 1.807) is 18.2 Å². The highest BCUT2D eigenvalue weighted by molar-refractivity contribution is 6.42. The Morgan fingerprint density at radius 1 is 1.03 bits per heavy atom. The molecule has 4 rings (SSSR count). The summed E-state index contributed by atoms with van der Waals surface area (Å²) < 4.78 is 1.39. The van der Waals surface area contributed by atoms with Gasteiger partial charge in [-0.25, -0.2) is 19.3 Å². The first-order valence-electron chi connectivity index (χ1n) is 9.45. The SMILES string of the molecule is CC(C)(C)c1ccc(-n2c(=O)[nH]c3c(C(N)=O)nc(-c4ccc(Cl)c(Cl)c4)nc32)cc1. The normalized spacial score (nSPS) is 11.8. The summed E-state index contributed by atoms with van der Waals surface area (Å²) in [7, 11) is 0. The molecule has 2 heterocycles. The van der Waals surface area contributed by atoms with Crippen LogP contribution in [0.1, 0.15) is 36.8 Å². The van der Waals surface area contributed by atoms with E-state index >= 15 is 0 Å². The standard InChI is InChI=1S/C22H19Cl2N5O2/c1-22(2,3)12-5-7-13(8-6-12)29-20-17(27-21(29)31)16(18(25)30)26-19(28-20)11-4-9-14(23)15(24)10-11/h4-10H,1-3H3,(H2,25,30)(H,27,31). The first-order chi connectivity index (χ1) is 14.6. The number of H-pyrrole nitrogens is 1. The number of nitrogens with two attached hydrogens (primary N) is 1. The lowest BCUT2D eigenvalue weighted by Crippen LogP contribution is -2.16. The van der Waals surface area contributed by atoms with Gasteiger partial charge in [-0.05, 0) is 41.3 Å². The third-order valence-corrected chi connectivity index (χ3v) is 5.68. The van der Waals surface area contributed by atoms with Crippen LogP contribution in [0.2, 0.25) is 10.0 Å². The minimum atomic E-state index is -0.787. The van der Waals surface area contributed by atoms with Crippen LogP contribution in [0.4, 0.5) is 0 Å². The first-order valence-corrected chi connectivity index (χ1v) is 10.2. The molecule has 2 aromatic carbocycles. The number of primary amides is 1. The summed E-state index contributed by atoms with van der Waals surface area (Å²) in [5.41, 5.74) is 7.60. The third-order valence-electron chi connectivity index (χ3n) is 4.94. The Kier molecular flexibility index (Phi) is 5.11. The van der Waals surface area contributed by atoms with Crippen molar-refractivity contribution in [1.29, 1.82) is 0 Å². The van der Waals surface area contributed by atoms with Crippen LogP contribution in [0.15, 0.2) is 47.3 Å². The summed E-state index contributed by atoms with van der Waals surface area (Å²) in [6, 6.07) is 12.4. The van der Waals surface area contributed by atoms with Crippen LogP contribution < -0.4 is 11.4 Å². The van der Waals surface area contributed by atoms with Crippen molar-refractivity contribution in [1.82, 2.24) is 19.5 Å². The number of hydrogen-bond donors (Lipinski definition) is 2. The molecule has 2 aromatic heterocycles. The molecule has 9 heteroatoms. The number of halogens is 2. The minimum absolute atomic E-state index is 0.0357. The highest BCUT2D eigenvalue weighted by Crippen LogP contribution is 2.29. The summed E-state index contributed by atoms with van der Waals surface area (Å²) in [4.78, 5) is 36.3. The molecule has 0 bridgehead atoms. The number of hydrogen-bond acceptors (Lipinski definition) is 4. The molecule has 0 atom stereocenters. The number of carbonyl (C=O) groups is 1. The van der Waals surface area contributed by atoms with Gasteiger partial charge in [-0.2, -0.15) is 0 Å². The van der Waals surface area contributed by atoms with Gasteiger partial charge in [-0.1, -0.05) is 56.1 Å². The Balaban J connectivity index is 1.98. The molecule has 0 fully saturated rings. The molecule has 158 valence electrons. The van der Waals surface area contributed by atoms with E-state index in [4.69, 9.17) is 28.9 Å². The maximum atomic E-state index is 12.8. The van der Waals surface area contributed by atoms with Crippen molar-refractivity contribution in [2.45, 2.75) is 26.2 Å². The van der Waals surface area contributed by atoms with E-state index in [1.165, 1.54) is 4.57 Å². The number of carbonyl (C=O) groups excluding carboxylic acids is 1.